The number of phenols is 6. The average Bonchev–Trinajstić information content (AvgIpc) is 2.86. The van der Waals surface area contributed by atoms with E-state index in [1.54, 1.807) is 18.2 Å². The third-order valence-corrected chi connectivity index (χ3v) is 7.01. The van der Waals surface area contributed by atoms with Crippen molar-refractivity contribution in [2.75, 3.05) is 0 Å². The molecular weight excluding hydrogens is 468 g/mol. The molecule has 0 aliphatic rings. The maximum absolute atomic E-state index is 11.0. The second kappa shape index (κ2) is 13.1. The Hall–Kier alpha value is -3.54. The molecule has 0 bridgehead atoms. The first-order valence-electron chi connectivity index (χ1n) is 13.4. The zero-order valence-electron chi connectivity index (χ0n) is 21.9. The number of benzene rings is 3. The van der Waals surface area contributed by atoms with Crippen LogP contribution < -0.4 is 0 Å². The molecule has 6 N–H and O–H groups in total. The summed E-state index contributed by atoms with van der Waals surface area (Å²) in [5.41, 5.74) is 2.81. The van der Waals surface area contributed by atoms with Gasteiger partial charge < -0.3 is 30.6 Å². The molecule has 0 aliphatic carbocycles. The van der Waals surface area contributed by atoms with Gasteiger partial charge in [0.2, 0.25) is 0 Å². The van der Waals surface area contributed by atoms with E-state index in [9.17, 15) is 30.6 Å². The van der Waals surface area contributed by atoms with Crippen LogP contribution in [0.3, 0.4) is 0 Å². The van der Waals surface area contributed by atoms with Crippen molar-refractivity contribution in [3.05, 3.63) is 70.3 Å². The third-order valence-electron chi connectivity index (χ3n) is 7.01. The van der Waals surface area contributed by atoms with Gasteiger partial charge in [-0.15, -0.1) is 0 Å². The Morgan fingerprint density at radius 3 is 1.41 bits per heavy atom. The van der Waals surface area contributed by atoms with E-state index in [1.165, 1.54) is 24.3 Å². The lowest BCUT2D eigenvalue weighted by molar-refractivity contribution is 0.402. The molecule has 0 spiro atoms. The smallest absolute Gasteiger partial charge is 0.157 e. The van der Waals surface area contributed by atoms with Crippen LogP contribution in [0.1, 0.15) is 98.9 Å². The van der Waals surface area contributed by atoms with E-state index in [2.05, 4.69) is 13.8 Å². The quantitative estimate of drug-likeness (QED) is 0.0816. The van der Waals surface area contributed by atoms with Gasteiger partial charge in [-0.2, -0.15) is 0 Å². The van der Waals surface area contributed by atoms with Gasteiger partial charge in [0.15, 0.2) is 11.5 Å². The van der Waals surface area contributed by atoms with Crippen LogP contribution in [0.5, 0.6) is 34.5 Å². The van der Waals surface area contributed by atoms with E-state index >= 15 is 0 Å². The number of hydrogen-bond acceptors (Lipinski definition) is 6. The topological polar surface area (TPSA) is 121 Å². The van der Waals surface area contributed by atoms with E-state index in [-0.39, 0.29) is 34.5 Å². The van der Waals surface area contributed by atoms with Crippen molar-refractivity contribution in [3.63, 3.8) is 0 Å². The second-order valence-corrected chi connectivity index (χ2v) is 9.88. The largest absolute Gasteiger partial charge is 0.508 e. The van der Waals surface area contributed by atoms with Gasteiger partial charge in [0.25, 0.3) is 0 Å². The van der Waals surface area contributed by atoms with Crippen LogP contribution in [-0.2, 0) is 12.8 Å². The predicted octanol–water partition coefficient (Wildman–Crippen LogP) is 7.35. The van der Waals surface area contributed by atoms with Gasteiger partial charge in [-0.05, 0) is 66.6 Å². The van der Waals surface area contributed by atoms with Crippen molar-refractivity contribution >= 4 is 0 Å². The summed E-state index contributed by atoms with van der Waals surface area (Å²) in [6.07, 6.45) is 9.51. The fourth-order valence-electron chi connectivity index (χ4n) is 4.88. The lowest BCUT2D eigenvalue weighted by Crippen LogP contribution is -2.06. The van der Waals surface area contributed by atoms with Gasteiger partial charge in [-0.1, -0.05) is 58.4 Å². The Morgan fingerprint density at radius 2 is 0.973 bits per heavy atom. The maximum Gasteiger partial charge on any atom is 0.157 e. The lowest BCUT2D eigenvalue weighted by Gasteiger charge is -2.23. The Kier molecular flexibility index (Phi) is 9.95. The summed E-state index contributed by atoms with van der Waals surface area (Å²) in [4.78, 5) is 0. The number of aromatic hydroxyl groups is 6. The molecule has 0 saturated heterocycles. The zero-order chi connectivity index (χ0) is 26.9. The Morgan fingerprint density at radius 1 is 0.486 bits per heavy atom. The highest BCUT2D eigenvalue weighted by Gasteiger charge is 2.26. The van der Waals surface area contributed by atoms with E-state index in [4.69, 9.17) is 0 Å². The minimum atomic E-state index is -0.725. The first-order valence-corrected chi connectivity index (χ1v) is 13.4. The summed E-state index contributed by atoms with van der Waals surface area (Å²) in [5.74, 6) is -1.60. The molecule has 0 heterocycles. The predicted molar refractivity (Wildman–Crippen MR) is 146 cm³/mol. The van der Waals surface area contributed by atoms with Crippen molar-refractivity contribution in [1.29, 1.82) is 0 Å². The van der Waals surface area contributed by atoms with Crippen molar-refractivity contribution in [2.24, 2.45) is 0 Å². The van der Waals surface area contributed by atoms with Crippen molar-refractivity contribution in [2.45, 2.75) is 84.0 Å². The molecule has 6 nitrogen and oxygen atoms in total. The molecule has 37 heavy (non-hydrogen) atoms. The molecule has 0 radical (unpaired) electrons. The molecule has 0 fully saturated rings. The summed E-state index contributed by atoms with van der Waals surface area (Å²) < 4.78 is 0. The minimum Gasteiger partial charge on any atom is -0.508 e. The molecule has 0 aliphatic heterocycles. The molecule has 200 valence electrons. The summed E-state index contributed by atoms with van der Waals surface area (Å²) >= 11 is 0. The first-order chi connectivity index (χ1) is 17.8. The zero-order valence-corrected chi connectivity index (χ0v) is 21.9. The van der Waals surface area contributed by atoms with E-state index in [0.717, 1.165) is 51.4 Å². The Bertz CT molecular complexity index is 1120. The standard InChI is InChI=1S/C31H40O6/c1-3-5-7-9-11-20-15-23(28(35)18-26(20)33)31(22-13-14-25(32)30(37)17-22)24-16-21(12-10-8-6-4-2)27(34)19-29(24)36/h13-19,31-37H,3-12H2,1-2H3. The van der Waals surface area contributed by atoms with Gasteiger partial charge >= 0.3 is 0 Å². The van der Waals surface area contributed by atoms with Crippen LogP contribution in [0.25, 0.3) is 0 Å². The van der Waals surface area contributed by atoms with Gasteiger partial charge in [0, 0.05) is 29.2 Å². The summed E-state index contributed by atoms with van der Waals surface area (Å²) in [7, 11) is 0. The van der Waals surface area contributed by atoms with Crippen LogP contribution in [0.2, 0.25) is 0 Å². The lowest BCUT2D eigenvalue weighted by atomic mass is 9.82. The van der Waals surface area contributed by atoms with Crippen LogP contribution in [0.4, 0.5) is 0 Å². The van der Waals surface area contributed by atoms with Crippen molar-refractivity contribution in [3.8, 4) is 34.5 Å². The molecule has 0 saturated carbocycles. The highest BCUT2D eigenvalue weighted by atomic mass is 16.3. The SMILES string of the molecule is CCCCCCc1cc(C(c2ccc(O)c(O)c2)c2cc(CCCCCC)c(O)cc2O)c(O)cc1O. The molecule has 3 aromatic rings. The highest BCUT2D eigenvalue weighted by molar-refractivity contribution is 5.59. The first kappa shape index (κ1) is 28.0. The molecule has 0 amide bonds. The van der Waals surface area contributed by atoms with Crippen LogP contribution in [0.15, 0.2) is 42.5 Å². The maximum atomic E-state index is 11.0. The number of hydrogen-bond donors (Lipinski definition) is 6. The van der Waals surface area contributed by atoms with Gasteiger partial charge in [-0.25, -0.2) is 0 Å². The summed E-state index contributed by atoms with van der Waals surface area (Å²) in [5, 5.41) is 63.1. The summed E-state index contributed by atoms with van der Waals surface area (Å²) in [6.45, 7) is 4.27. The van der Waals surface area contributed by atoms with Crippen molar-refractivity contribution < 1.29 is 30.6 Å². The Labute approximate surface area is 219 Å². The molecule has 0 unspecified atom stereocenters. The molecular formula is C31H40O6. The van der Waals surface area contributed by atoms with Crippen molar-refractivity contribution in [1.82, 2.24) is 0 Å². The van der Waals surface area contributed by atoms with Gasteiger partial charge in [0.05, 0.1) is 0 Å². The molecule has 6 heteroatoms. The van der Waals surface area contributed by atoms with E-state index < -0.39 is 5.92 Å². The fourth-order valence-corrected chi connectivity index (χ4v) is 4.88. The summed E-state index contributed by atoms with van der Waals surface area (Å²) in [6, 6.07) is 10.5. The fraction of sp³-hybridized carbons (Fsp3) is 0.419. The molecule has 0 atom stereocenters. The van der Waals surface area contributed by atoms with Gasteiger partial charge in [0.1, 0.15) is 23.0 Å². The average molecular weight is 509 g/mol. The molecule has 3 aromatic carbocycles. The van der Waals surface area contributed by atoms with Crippen LogP contribution >= 0.6 is 0 Å². The third kappa shape index (κ3) is 7.03. The van der Waals surface area contributed by atoms with Crippen LogP contribution in [-0.4, -0.2) is 30.6 Å². The van der Waals surface area contributed by atoms with Crippen LogP contribution in [0, 0.1) is 0 Å². The van der Waals surface area contributed by atoms with E-state index in [1.807, 2.05) is 0 Å². The normalized spacial score (nSPS) is 11.3. The number of phenolic OH excluding ortho intramolecular Hbond substituents is 6. The second-order valence-electron chi connectivity index (χ2n) is 9.88. The molecule has 3 rings (SSSR count). The monoisotopic (exact) mass is 508 g/mol. The number of rotatable bonds is 13. The van der Waals surface area contributed by atoms with E-state index in [0.29, 0.717) is 40.7 Å². The Balaban J connectivity index is 2.13. The minimum absolute atomic E-state index is 0.0107. The molecule has 0 aromatic heterocycles. The van der Waals surface area contributed by atoms with Gasteiger partial charge in [-0.3, -0.25) is 0 Å². The highest BCUT2D eigenvalue weighted by Crippen LogP contribution is 2.46. The number of aryl methyl sites for hydroxylation is 2. The number of unbranched alkanes of at least 4 members (excludes halogenated alkanes) is 6.